The van der Waals surface area contributed by atoms with E-state index in [1.807, 2.05) is 26.0 Å². The number of hydrogen-bond donors (Lipinski definition) is 3. The summed E-state index contributed by atoms with van der Waals surface area (Å²) in [6.45, 7) is 4.45. The first kappa shape index (κ1) is 22.9. The minimum atomic E-state index is -3.77. The van der Waals surface area contributed by atoms with Gasteiger partial charge in [0.1, 0.15) is 0 Å². The Morgan fingerprint density at radius 1 is 1.13 bits per heavy atom. The fraction of sp³-hybridized carbons (Fsp3) is 0.364. The predicted octanol–water partition coefficient (Wildman–Crippen LogP) is 2.13. The van der Waals surface area contributed by atoms with E-state index in [4.69, 9.17) is 4.74 Å². The van der Waals surface area contributed by atoms with E-state index in [-0.39, 0.29) is 35.6 Å². The Labute approximate surface area is 182 Å². The summed E-state index contributed by atoms with van der Waals surface area (Å²) in [5.74, 6) is -0.906. The smallest absolute Gasteiger partial charge is 0.251 e. The van der Waals surface area contributed by atoms with Crippen molar-refractivity contribution in [3.63, 3.8) is 0 Å². The second kappa shape index (κ2) is 10.0. The van der Waals surface area contributed by atoms with E-state index >= 15 is 0 Å². The van der Waals surface area contributed by atoms with Gasteiger partial charge in [-0.2, -0.15) is 0 Å². The van der Waals surface area contributed by atoms with Gasteiger partial charge in [-0.1, -0.05) is 18.2 Å². The number of aryl methyl sites for hydroxylation is 1. The van der Waals surface area contributed by atoms with Crippen molar-refractivity contribution in [3.05, 3.63) is 59.2 Å². The molecule has 1 fully saturated rings. The molecule has 0 aromatic heterocycles. The van der Waals surface area contributed by atoms with Crippen molar-refractivity contribution in [1.82, 2.24) is 10.0 Å². The lowest BCUT2D eigenvalue weighted by Crippen LogP contribution is -2.33. The first-order valence-electron chi connectivity index (χ1n) is 10.1. The Bertz CT molecular complexity index is 1060. The summed E-state index contributed by atoms with van der Waals surface area (Å²) < 4.78 is 33.0. The quantitative estimate of drug-likeness (QED) is 0.576. The maximum Gasteiger partial charge on any atom is 0.251 e. The number of amides is 2. The van der Waals surface area contributed by atoms with Gasteiger partial charge in [-0.15, -0.1) is 0 Å². The molecule has 2 aromatic carbocycles. The largest absolute Gasteiger partial charge is 0.377 e. The van der Waals surface area contributed by atoms with Crippen molar-refractivity contribution < 1.29 is 22.7 Å². The molecule has 0 aliphatic carbocycles. The predicted molar refractivity (Wildman–Crippen MR) is 117 cm³/mol. The van der Waals surface area contributed by atoms with Gasteiger partial charge in [-0.25, -0.2) is 13.1 Å². The van der Waals surface area contributed by atoms with Crippen molar-refractivity contribution in [2.24, 2.45) is 0 Å². The third-order valence-corrected chi connectivity index (χ3v) is 6.64. The Morgan fingerprint density at radius 2 is 1.90 bits per heavy atom. The lowest BCUT2D eigenvalue weighted by atomic mass is 10.1. The van der Waals surface area contributed by atoms with Gasteiger partial charge >= 0.3 is 0 Å². The molecule has 1 aliphatic heterocycles. The zero-order valence-electron chi connectivity index (χ0n) is 17.6. The molecule has 8 nitrogen and oxygen atoms in total. The molecule has 2 aromatic rings. The van der Waals surface area contributed by atoms with E-state index in [2.05, 4.69) is 15.4 Å². The van der Waals surface area contributed by atoms with Crippen molar-refractivity contribution in [1.29, 1.82) is 0 Å². The molecule has 1 heterocycles. The lowest BCUT2D eigenvalue weighted by Gasteiger charge is -2.12. The minimum Gasteiger partial charge on any atom is -0.377 e. The number of anilines is 1. The maximum absolute atomic E-state index is 12.5. The molecular weight excluding hydrogens is 418 g/mol. The number of sulfonamides is 1. The number of ether oxygens (including phenoxy) is 1. The summed E-state index contributed by atoms with van der Waals surface area (Å²) in [5, 5.41) is 5.29. The van der Waals surface area contributed by atoms with E-state index < -0.39 is 15.9 Å². The van der Waals surface area contributed by atoms with E-state index in [0.717, 1.165) is 24.0 Å². The van der Waals surface area contributed by atoms with E-state index in [9.17, 15) is 18.0 Å². The van der Waals surface area contributed by atoms with Crippen LogP contribution in [0.5, 0.6) is 0 Å². The highest BCUT2D eigenvalue weighted by atomic mass is 32.2. The Morgan fingerprint density at radius 3 is 2.65 bits per heavy atom. The molecular formula is C22H27N3O5S. The lowest BCUT2D eigenvalue weighted by molar-refractivity contribution is -0.115. The number of hydrogen-bond acceptors (Lipinski definition) is 5. The normalized spacial score (nSPS) is 16.1. The van der Waals surface area contributed by atoms with Gasteiger partial charge in [-0.3, -0.25) is 9.59 Å². The van der Waals surface area contributed by atoms with Gasteiger partial charge in [0.05, 0.1) is 17.5 Å². The highest BCUT2D eigenvalue weighted by molar-refractivity contribution is 7.89. The van der Waals surface area contributed by atoms with Crippen LogP contribution in [-0.4, -0.2) is 46.0 Å². The van der Waals surface area contributed by atoms with Gasteiger partial charge in [0.2, 0.25) is 15.9 Å². The summed E-state index contributed by atoms with van der Waals surface area (Å²) in [6, 6.07) is 11.3. The number of rotatable bonds is 8. The first-order valence-corrected chi connectivity index (χ1v) is 11.6. The minimum absolute atomic E-state index is 0.0158. The van der Waals surface area contributed by atoms with E-state index in [1.54, 1.807) is 6.07 Å². The molecule has 3 N–H and O–H groups in total. The molecule has 9 heteroatoms. The van der Waals surface area contributed by atoms with Crippen LogP contribution in [0.25, 0.3) is 0 Å². The number of nitrogens with one attached hydrogen (secondary N) is 3. The summed E-state index contributed by atoms with van der Waals surface area (Å²) in [7, 11) is -3.77. The molecule has 2 amide bonds. The molecule has 1 saturated heterocycles. The number of benzene rings is 2. The van der Waals surface area contributed by atoms with Gasteiger partial charge in [0.15, 0.2) is 0 Å². The monoisotopic (exact) mass is 445 g/mol. The zero-order valence-corrected chi connectivity index (χ0v) is 18.4. The summed E-state index contributed by atoms with van der Waals surface area (Å²) in [4.78, 5) is 24.6. The second-order valence-corrected chi connectivity index (χ2v) is 9.26. The molecule has 1 atom stereocenters. The zero-order chi connectivity index (χ0) is 22.4. The molecule has 0 saturated carbocycles. The van der Waals surface area contributed by atoms with Crippen molar-refractivity contribution in [2.45, 2.75) is 37.7 Å². The van der Waals surface area contributed by atoms with Crippen LogP contribution in [0.2, 0.25) is 0 Å². The van der Waals surface area contributed by atoms with Crippen molar-refractivity contribution in [2.75, 3.05) is 25.0 Å². The number of carbonyl (C=O) groups is 2. The topological polar surface area (TPSA) is 114 Å². The third-order valence-electron chi connectivity index (χ3n) is 5.22. The van der Waals surface area contributed by atoms with Crippen LogP contribution < -0.4 is 15.4 Å². The van der Waals surface area contributed by atoms with Crippen LogP contribution in [0.3, 0.4) is 0 Å². The second-order valence-electron chi connectivity index (χ2n) is 7.49. The Kier molecular flexibility index (Phi) is 7.42. The molecule has 31 heavy (non-hydrogen) atoms. The molecule has 3 rings (SSSR count). The fourth-order valence-corrected chi connectivity index (χ4v) is 4.35. The summed E-state index contributed by atoms with van der Waals surface area (Å²) in [5.41, 5.74) is 2.84. The SMILES string of the molecule is Cc1cccc(NC(=O)CNC(=O)c2cccc(S(=O)(=O)NC[C@@H]3CCCO3)c2)c1C. The molecule has 1 aliphatic rings. The summed E-state index contributed by atoms with van der Waals surface area (Å²) in [6.07, 6.45) is 1.60. The molecule has 0 spiro atoms. The summed E-state index contributed by atoms with van der Waals surface area (Å²) >= 11 is 0. The van der Waals surface area contributed by atoms with Crippen LogP contribution in [0.1, 0.15) is 34.3 Å². The highest BCUT2D eigenvalue weighted by Crippen LogP contribution is 2.18. The van der Waals surface area contributed by atoms with Crippen LogP contribution in [0.4, 0.5) is 5.69 Å². The van der Waals surface area contributed by atoms with Crippen molar-refractivity contribution in [3.8, 4) is 0 Å². The van der Waals surface area contributed by atoms with Crippen LogP contribution >= 0.6 is 0 Å². The molecule has 0 bridgehead atoms. The van der Waals surface area contributed by atoms with E-state index in [0.29, 0.717) is 12.3 Å². The van der Waals surface area contributed by atoms with Gasteiger partial charge in [0, 0.05) is 24.4 Å². The van der Waals surface area contributed by atoms with Gasteiger partial charge < -0.3 is 15.4 Å². The van der Waals surface area contributed by atoms with Gasteiger partial charge in [0.25, 0.3) is 5.91 Å². The van der Waals surface area contributed by atoms with Crippen molar-refractivity contribution >= 4 is 27.5 Å². The average molecular weight is 446 g/mol. The fourth-order valence-electron chi connectivity index (χ4n) is 3.24. The van der Waals surface area contributed by atoms with Crippen LogP contribution in [0, 0.1) is 13.8 Å². The third kappa shape index (κ3) is 6.13. The Balaban J connectivity index is 1.58. The number of carbonyl (C=O) groups excluding carboxylic acids is 2. The van der Waals surface area contributed by atoms with Gasteiger partial charge in [-0.05, 0) is 62.1 Å². The van der Waals surface area contributed by atoms with Crippen LogP contribution in [-0.2, 0) is 19.6 Å². The molecule has 0 unspecified atom stereocenters. The molecule has 166 valence electrons. The average Bonchev–Trinajstić information content (AvgIpc) is 3.28. The Hall–Kier alpha value is -2.75. The van der Waals surface area contributed by atoms with E-state index in [1.165, 1.54) is 24.3 Å². The van der Waals surface area contributed by atoms with Crippen LogP contribution in [0.15, 0.2) is 47.4 Å². The first-order chi connectivity index (χ1) is 14.8. The molecule has 0 radical (unpaired) electrons. The highest BCUT2D eigenvalue weighted by Gasteiger charge is 2.21. The maximum atomic E-state index is 12.5. The standard InChI is InChI=1S/C22H27N3O5S/c1-15-6-3-10-20(16(15)2)25-21(26)14-23-22(27)17-7-4-9-19(12-17)31(28,29)24-13-18-8-5-11-30-18/h3-4,6-7,9-10,12,18,24H,5,8,11,13-14H2,1-2H3,(H,23,27)(H,25,26)/t18-/m0/s1.